The Kier molecular flexibility index (Phi) is 3.96. The molecule has 100 valence electrons. The van der Waals surface area contributed by atoms with Crippen molar-refractivity contribution in [1.29, 1.82) is 0 Å². The summed E-state index contributed by atoms with van der Waals surface area (Å²) in [5.41, 5.74) is 0. The van der Waals surface area contributed by atoms with Gasteiger partial charge in [0.05, 0.1) is 10.9 Å². The number of amides is 1. The van der Waals surface area contributed by atoms with Gasteiger partial charge in [-0.1, -0.05) is 11.6 Å². The van der Waals surface area contributed by atoms with Gasteiger partial charge in [-0.05, 0) is 17.9 Å². The number of carbonyl (C=O) groups is 1. The van der Waals surface area contributed by atoms with E-state index in [9.17, 15) is 13.2 Å². The summed E-state index contributed by atoms with van der Waals surface area (Å²) in [6.07, 6.45) is 0.544. The Morgan fingerprint density at radius 1 is 1.61 bits per heavy atom. The minimum absolute atomic E-state index is 0.120. The van der Waals surface area contributed by atoms with E-state index in [1.165, 1.54) is 4.31 Å². The fraction of sp³-hybridized carbons (Fsp3) is 0.500. The molecule has 1 N–H and O–H groups in total. The van der Waals surface area contributed by atoms with Gasteiger partial charge in [-0.25, -0.2) is 8.42 Å². The topological polar surface area (TPSA) is 66.5 Å². The molecule has 0 saturated carbocycles. The number of sulfonamides is 1. The van der Waals surface area contributed by atoms with E-state index < -0.39 is 10.0 Å². The van der Waals surface area contributed by atoms with E-state index in [2.05, 4.69) is 5.32 Å². The maximum atomic E-state index is 12.3. The maximum absolute atomic E-state index is 12.3. The molecule has 8 heteroatoms. The Balaban J connectivity index is 2.19. The first-order valence-electron chi connectivity index (χ1n) is 5.41. The summed E-state index contributed by atoms with van der Waals surface area (Å²) in [5, 5.41) is 4.42. The highest BCUT2D eigenvalue weighted by Crippen LogP contribution is 2.32. The Labute approximate surface area is 115 Å². The van der Waals surface area contributed by atoms with E-state index in [0.717, 1.165) is 11.3 Å². The summed E-state index contributed by atoms with van der Waals surface area (Å²) in [6, 6.07) is 1.56. The van der Waals surface area contributed by atoms with Crippen molar-refractivity contribution in [3.63, 3.8) is 0 Å². The molecule has 1 aliphatic rings. The Morgan fingerprint density at radius 2 is 2.33 bits per heavy atom. The molecular formula is C10H13ClN2O3S2. The highest BCUT2D eigenvalue weighted by atomic mass is 35.5. The lowest BCUT2D eigenvalue weighted by molar-refractivity contribution is -0.123. The highest BCUT2D eigenvalue weighted by Gasteiger charge is 2.36. The fourth-order valence-electron chi connectivity index (χ4n) is 1.95. The normalized spacial score (nSPS) is 21.1. The Bertz CT molecular complexity index is 555. The predicted molar refractivity (Wildman–Crippen MR) is 70.3 cm³/mol. The second-order valence-corrected chi connectivity index (χ2v) is 7.48. The zero-order valence-corrected chi connectivity index (χ0v) is 12.1. The van der Waals surface area contributed by atoms with Crippen LogP contribution >= 0.6 is 22.9 Å². The van der Waals surface area contributed by atoms with Crippen LogP contribution < -0.4 is 5.32 Å². The number of carbonyl (C=O) groups excluding carboxylic acids is 1. The number of halogens is 1. The molecule has 1 aromatic rings. The molecule has 0 radical (unpaired) electrons. The molecule has 18 heavy (non-hydrogen) atoms. The predicted octanol–water partition coefficient (Wildman–Crippen LogP) is 1.16. The lowest BCUT2D eigenvalue weighted by Crippen LogP contribution is -2.32. The molecule has 1 atom stereocenters. The molecule has 1 aliphatic heterocycles. The average Bonchev–Trinajstić information content (AvgIpc) is 2.96. The molecule has 0 aliphatic carbocycles. The van der Waals surface area contributed by atoms with Crippen molar-refractivity contribution in [2.75, 3.05) is 20.1 Å². The first-order chi connectivity index (χ1) is 8.46. The third-order valence-electron chi connectivity index (χ3n) is 2.93. The first kappa shape index (κ1) is 13.8. The van der Waals surface area contributed by atoms with Crippen LogP contribution in [0.5, 0.6) is 0 Å². The van der Waals surface area contributed by atoms with E-state index in [4.69, 9.17) is 11.6 Å². The quantitative estimate of drug-likeness (QED) is 0.911. The smallest absolute Gasteiger partial charge is 0.254 e. The first-order valence-corrected chi connectivity index (χ1v) is 8.11. The Hall–Kier alpha value is -0.630. The standard InChI is InChI=1S/C10H13ClN2O3S2/c1-12-9(14)7-2-4-13(6-7)18(15,16)10-8(11)3-5-17-10/h3,5,7H,2,4,6H2,1H3,(H,12,14). The third-order valence-corrected chi connectivity index (χ3v) is 6.79. The summed E-state index contributed by atoms with van der Waals surface area (Å²) in [4.78, 5) is 11.5. The van der Waals surface area contributed by atoms with E-state index in [-0.39, 0.29) is 27.6 Å². The number of thiophene rings is 1. The maximum Gasteiger partial charge on any atom is 0.254 e. The lowest BCUT2D eigenvalue weighted by atomic mass is 10.1. The van der Waals surface area contributed by atoms with Crippen molar-refractivity contribution in [2.24, 2.45) is 5.92 Å². The monoisotopic (exact) mass is 308 g/mol. The zero-order valence-electron chi connectivity index (χ0n) is 9.72. The van der Waals surface area contributed by atoms with Gasteiger partial charge in [0.25, 0.3) is 10.0 Å². The molecule has 0 aromatic carbocycles. The summed E-state index contributed by atoms with van der Waals surface area (Å²) in [6.45, 7) is 0.574. The van der Waals surface area contributed by atoms with Crippen LogP contribution in [0.1, 0.15) is 6.42 Å². The van der Waals surface area contributed by atoms with Crippen LogP contribution in [-0.4, -0.2) is 38.8 Å². The summed E-state index contributed by atoms with van der Waals surface area (Å²) >= 11 is 6.95. The van der Waals surface area contributed by atoms with Crippen LogP contribution in [0.25, 0.3) is 0 Å². The van der Waals surface area contributed by atoms with Gasteiger partial charge in [-0.15, -0.1) is 11.3 Å². The molecule has 1 amide bonds. The summed E-state index contributed by atoms with van der Waals surface area (Å²) in [7, 11) is -2.01. The van der Waals surface area contributed by atoms with Gasteiger partial charge in [0.15, 0.2) is 4.21 Å². The van der Waals surface area contributed by atoms with Gasteiger partial charge < -0.3 is 5.32 Å². The number of hydrogen-bond donors (Lipinski definition) is 1. The Morgan fingerprint density at radius 3 is 2.89 bits per heavy atom. The molecule has 1 aromatic heterocycles. The summed E-state index contributed by atoms with van der Waals surface area (Å²) < 4.78 is 26.1. The second-order valence-electron chi connectivity index (χ2n) is 4.02. The number of nitrogens with zero attached hydrogens (tertiary/aromatic N) is 1. The van der Waals surface area contributed by atoms with Crippen molar-refractivity contribution in [1.82, 2.24) is 9.62 Å². The molecular weight excluding hydrogens is 296 g/mol. The highest BCUT2D eigenvalue weighted by molar-refractivity contribution is 7.91. The zero-order chi connectivity index (χ0) is 13.3. The molecule has 2 heterocycles. The van der Waals surface area contributed by atoms with Crippen molar-refractivity contribution < 1.29 is 13.2 Å². The van der Waals surface area contributed by atoms with Crippen LogP contribution in [0, 0.1) is 5.92 Å². The molecule has 0 spiro atoms. The van der Waals surface area contributed by atoms with Crippen molar-refractivity contribution >= 4 is 38.9 Å². The van der Waals surface area contributed by atoms with E-state index >= 15 is 0 Å². The molecule has 5 nitrogen and oxygen atoms in total. The van der Waals surface area contributed by atoms with Gasteiger partial charge in [-0.3, -0.25) is 4.79 Å². The number of hydrogen-bond acceptors (Lipinski definition) is 4. The molecule has 1 fully saturated rings. The third kappa shape index (κ3) is 2.40. The van der Waals surface area contributed by atoms with Gasteiger partial charge in [0.2, 0.25) is 5.91 Å². The van der Waals surface area contributed by atoms with Crippen molar-refractivity contribution in [3.8, 4) is 0 Å². The number of rotatable bonds is 3. The fourth-order valence-corrected chi connectivity index (χ4v) is 5.26. The van der Waals surface area contributed by atoms with Gasteiger partial charge in [0.1, 0.15) is 0 Å². The SMILES string of the molecule is CNC(=O)C1CCN(S(=O)(=O)c2sccc2Cl)C1. The number of nitrogens with one attached hydrogen (secondary N) is 1. The minimum Gasteiger partial charge on any atom is -0.359 e. The van der Waals surface area contributed by atoms with Gasteiger partial charge in [0, 0.05) is 20.1 Å². The average molecular weight is 309 g/mol. The van der Waals surface area contributed by atoms with Crippen LogP contribution in [0.3, 0.4) is 0 Å². The summed E-state index contributed by atoms with van der Waals surface area (Å²) in [5.74, 6) is -0.395. The van der Waals surface area contributed by atoms with Crippen LogP contribution in [-0.2, 0) is 14.8 Å². The molecule has 1 unspecified atom stereocenters. The van der Waals surface area contributed by atoms with Crippen LogP contribution in [0.15, 0.2) is 15.7 Å². The van der Waals surface area contributed by atoms with Crippen molar-refractivity contribution in [3.05, 3.63) is 16.5 Å². The minimum atomic E-state index is -3.56. The van der Waals surface area contributed by atoms with Crippen molar-refractivity contribution in [2.45, 2.75) is 10.6 Å². The van der Waals surface area contributed by atoms with E-state index in [1.54, 1.807) is 18.5 Å². The largest absolute Gasteiger partial charge is 0.359 e. The van der Waals surface area contributed by atoms with Gasteiger partial charge >= 0.3 is 0 Å². The van der Waals surface area contributed by atoms with Crippen LogP contribution in [0.2, 0.25) is 5.02 Å². The molecule has 2 rings (SSSR count). The molecule has 0 bridgehead atoms. The van der Waals surface area contributed by atoms with E-state index in [1.807, 2.05) is 0 Å². The van der Waals surface area contributed by atoms with Gasteiger partial charge in [-0.2, -0.15) is 4.31 Å². The second kappa shape index (κ2) is 5.16. The van der Waals surface area contributed by atoms with Crippen LogP contribution in [0.4, 0.5) is 0 Å². The van der Waals surface area contributed by atoms with E-state index in [0.29, 0.717) is 13.0 Å². The lowest BCUT2D eigenvalue weighted by Gasteiger charge is -2.15. The molecule has 1 saturated heterocycles.